The minimum atomic E-state index is -0.886. The topological polar surface area (TPSA) is 88.7 Å². The molecule has 0 bridgehead atoms. The molecule has 6 nitrogen and oxygen atoms in total. The zero-order valence-corrected chi connectivity index (χ0v) is 15.9. The standard InChI is InChI=1S/C23H21N3O3/c1-15(26(28)23(24)27)17-6-7-19-13-21(11-9-18(19)12-17)29-14-20-10-8-16-4-2-3-5-22(16)25-20/h2-13,15,28H,14H2,1H3,(H2,24,27). The third-order valence-corrected chi connectivity index (χ3v) is 4.95. The van der Waals surface area contributed by atoms with Gasteiger partial charge in [-0.25, -0.2) is 9.78 Å². The number of nitrogens with two attached hydrogens (primary N) is 1. The zero-order valence-electron chi connectivity index (χ0n) is 15.9. The number of carbonyl (C=O) groups is 1. The monoisotopic (exact) mass is 387 g/mol. The fraction of sp³-hybridized carbons (Fsp3) is 0.130. The van der Waals surface area contributed by atoms with E-state index in [1.54, 1.807) is 6.92 Å². The number of amides is 2. The first-order valence-corrected chi connectivity index (χ1v) is 9.30. The molecule has 3 N–H and O–H groups in total. The summed E-state index contributed by atoms with van der Waals surface area (Å²) in [5.41, 5.74) is 7.73. The van der Waals surface area contributed by atoms with Crippen LogP contribution < -0.4 is 10.5 Å². The van der Waals surface area contributed by atoms with Gasteiger partial charge < -0.3 is 10.5 Å². The Morgan fingerprint density at radius 1 is 1.03 bits per heavy atom. The molecule has 1 atom stereocenters. The maximum absolute atomic E-state index is 11.2. The number of nitrogens with zero attached hydrogens (tertiary/aromatic N) is 2. The fourth-order valence-corrected chi connectivity index (χ4v) is 3.27. The molecule has 0 aliphatic carbocycles. The van der Waals surface area contributed by atoms with Crippen LogP contribution in [0.2, 0.25) is 0 Å². The van der Waals surface area contributed by atoms with Gasteiger partial charge in [0.2, 0.25) is 0 Å². The summed E-state index contributed by atoms with van der Waals surface area (Å²) in [6, 6.07) is 22.1. The highest BCUT2D eigenvalue weighted by molar-refractivity contribution is 5.85. The van der Waals surface area contributed by atoms with E-state index < -0.39 is 12.1 Å². The molecule has 0 fully saturated rings. The van der Waals surface area contributed by atoms with Gasteiger partial charge in [-0.1, -0.05) is 42.5 Å². The molecule has 0 spiro atoms. The Labute approximate surface area is 168 Å². The van der Waals surface area contributed by atoms with Crippen LogP contribution in [-0.2, 0) is 6.61 Å². The third-order valence-electron chi connectivity index (χ3n) is 4.95. The lowest BCUT2D eigenvalue weighted by Crippen LogP contribution is -2.34. The summed E-state index contributed by atoms with van der Waals surface area (Å²) in [6.45, 7) is 2.09. The van der Waals surface area contributed by atoms with Crippen LogP contribution in [0.1, 0.15) is 24.2 Å². The summed E-state index contributed by atoms with van der Waals surface area (Å²) in [6.07, 6.45) is 0. The number of ether oxygens (including phenoxy) is 1. The van der Waals surface area contributed by atoms with Gasteiger partial charge in [0.25, 0.3) is 0 Å². The first-order valence-electron chi connectivity index (χ1n) is 9.30. The molecular weight excluding hydrogens is 366 g/mol. The number of para-hydroxylation sites is 1. The summed E-state index contributed by atoms with van der Waals surface area (Å²) in [7, 11) is 0. The first-order chi connectivity index (χ1) is 14.0. The largest absolute Gasteiger partial charge is 0.487 e. The number of hydroxylamine groups is 2. The van der Waals surface area contributed by atoms with E-state index in [0.717, 1.165) is 38.7 Å². The van der Waals surface area contributed by atoms with Crippen LogP contribution >= 0.6 is 0 Å². The van der Waals surface area contributed by atoms with E-state index in [-0.39, 0.29) is 0 Å². The molecule has 29 heavy (non-hydrogen) atoms. The van der Waals surface area contributed by atoms with E-state index in [0.29, 0.717) is 11.7 Å². The van der Waals surface area contributed by atoms with Gasteiger partial charge in [0, 0.05) is 5.39 Å². The minimum Gasteiger partial charge on any atom is -0.487 e. The Morgan fingerprint density at radius 3 is 2.59 bits per heavy atom. The van der Waals surface area contributed by atoms with Crippen molar-refractivity contribution in [2.24, 2.45) is 5.73 Å². The van der Waals surface area contributed by atoms with Crippen LogP contribution in [0.5, 0.6) is 5.75 Å². The molecule has 4 rings (SSSR count). The number of primary amides is 1. The number of hydrogen-bond donors (Lipinski definition) is 2. The number of urea groups is 1. The van der Waals surface area contributed by atoms with Crippen LogP contribution in [-0.4, -0.2) is 21.3 Å². The van der Waals surface area contributed by atoms with Gasteiger partial charge in [0.1, 0.15) is 12.4 Å². The molecule has 0 saturated carbocycles. The molecule has 0 radical (unpaired) electrons. The molecule has 4 aromatic rings. The molecule has 6 heteroatoms. The predicted molar refractivity (Wildman–Crippen MR) is 112 cm³/mol. The second-order valence-electron chi connectivity index (χ2n) is 6.91. The highest BCUT2D eigenvalue weighted by Gasteiger charge is 2.17. The summed E-state index contributed by atoms with van der Waals surface area (Å²) < 4.78 is 5.92. The second-order valence-corrected chi connectivity index (χ2v) is 6.91. The van der Waals surface area contributed by atoms with Crippen molar-refractivity contribution in [3.63, 3.8) is 0 Å². The third kappa shape index (κ3) is 3.97. The lowest BCUT2D eigenvalue weighted by Gasteiger charge is -2.21. The van der Waals surface area contributed by atoms with Crippen molar-refractivity contribution in [1.29, 1.82) is 0 Å². The number of pyridine rings is 1. The van der Waals surface area contributed by atoms with Gasteiger partial charge in [-0.3, -0.25) is 5.21 Å². The Hall–Kier alpha value is -3.64. The maximum atomic E-state index is 11.2. The summed E-state index contributed by atoms with van der Waals surface area (Å²) in [5, 5.41) is 13.3. The maximum Gasteiger partial charge on any atom is 0.339 e. The number of fused-ring (bicyclic) bond motifs is 2. The Bertz CT molecular complexity index is 1190. The number of hydrogen-bond acceptors (Lipinski definition) is 4. The summed E-state index contributed by atoms with van der Waals surface area (Å²) in [5.74, 6) is 0.745. The molecule has 1 unspecified atom stereocenters. The van der Waals surface area contributed by atoms with E-state index in [1.165, 1.54) is 0 Å². The van der Waals surface area contributed by atoms with E-state index in [1.807, 2.05) is 72.8 Å². The molecule has 2 amide bonds. The van der Waals surface area contributed by atoms with Gasteiger partial charge in [-0.2, -0.15) is 5.06 Å². The Morgan fingerprint density at radius 2 is 1.76 bits per heavy atom. The van der Waals surface area contributed by atoms with Gasteiger partial charge in [0.05, 0.1) is 17.3 Å². The Kier molecular flexibility index (Phi) is 5.01. The normalized spacial score (nSPS) is 12.1. The van der Waals surface area contributed by atoms with Crippen LogP contribution in [0.25, 0.3) is 21.7 Å². The molecule has 146 valence electrons. The molecule has 0 aliphatic rings. The van der Waals surface area contributed by atoms with Gasteiger partial charge in [0.15, 0.2) is 0 Å². The predicted octanol–water partition coefficient (Wildman–Crippen LogP) is 4.80. The lowest BCUT2D eigenvalue weighted by atomic mass is 10.0. The molecule has 3 aromatic carbocycles. The van der Waals surface area contributed by atoms with Crippen LogP contribution in [0.15, 0.2) is 72.8 Å². The lowest BCUT2D eigenvalue weighted by molar-refractivity contribution is -0.0709. The van der Waals surface area contributed by atoms with Crippen molar-refractivity contribution >= 4 is 27.7 Å². The highest BCUT2D eigenvalue weighted by Crippen LogP contribution is 2.26. The summed E-state index contributed by atoms with van der Waals surface area (Å²) >= 11 is 0. The second kappa shape index (κ2) is 7.77. The van der Waals surface area contributed by atoms with Crippen molar-refractivity contribution in [3.8, 4) is 5.75 Å². The fourth-order valence-electron chi connectivity index (χ4n) is 3.27. The quantitative estimate of drug-likeness (QED) is 0.380. The van der Waals surface area contributed by atoms with E-state index in [9.17, 15) is 10.0 Å². The van der Waals surface area contributed by atoms with Crippen LogP contribution in [0.3, 0.4) is 0 Å². The number of rotatable bonds is 5. The van der Waals surface area contributed by atoms with Crippen molar-refractivity contribution in [2.75, 3.05) is 0 Å². The van der Waals surface area contributed by atoms with Crippen LogP contribution in [0, 0.1) is 0 Å². The molecule has 1 aromatic heterocycles. The molecule has 0 saturated heterocycles. The number of benzene rings is 3. The van der Waals surface area contributed by atoms with E-state index in [2.05, 4.69) is 4.98 Å². The molecule has 1 heterocycles. The minimum absolute atomic E-state index is 0.379. The first kappa shape index (κ1) is 18.7. The average molecular weight is 387 g/mol. The van der Waals surface area contributed by atoms with E-state index >= 15 is 0 Å². The summed E-state index contributed by atoms with van der Waals surface area (Å²) in [4.78, 5) is 15.8. The highest BCUT2D eigenvalue weighted by atomic mass is 16.5. The Balaban J connectivity index is 1.51. The zero-order chi connectivity index (χ0) is 20.4. The van der Waals surface area contributed by atoms with Gasteiger partial charge in [-0.05, 0) is 53.6 Å². The molecular formula is C23H21N3O3. The van der Waals surface area contributed by atoms with Crippen LogP contribution in [0.4, 0.5) is 4.79 Å². The SMILES string of the molecule is CC(c1ccc2cc(OCc3ccc4ccccc4n3)ccc2c1)N(O)C(N)=O. The molecule has 0 aliphatic heterocycles. The van der Waals surface area contributed by atoms with Crippen molar-refractivity contribution in [2.45, 2.75) is 19.6 Å². The van der Waals surface area contributed by atoms with Crippen molar-refractivity contribution in [1.82, 2.24) is 10.0 Å². The van der Waals surface area contributed by atoms with Crippen molar-refractivity contribution < 1.29 is 14.7 Å². The van der Waals surface area contributed by atoms with Gasteiger partial charge in [-0.15, -0.1) is 0 Å². The van der Waals surface area contributed by atoms with E-state index in [4.69, 9.17) is 10.5 Å². The van der Waals surface area contributed by atoms with Gasteiger partial charge >= 0.3 is 6.03 Å². The number of aromatic nitrogens is 1. The average Bonchev–Trinajstić information content (AvgIpc) is 2.76. The van der Waals surface area contributed by atoms with Crippen molar-refractivity contribution in [3.05, 3.63) is 84.1 Å². The number of carbonyl (C=O) groups excluding carboxylic acids is 1. The smallest absolute Gasteiger partial charge is 0.339 e.